The van der Waals surface area contributed by atoms with Crippen LogP contribution in [0.4, 0.5) is 5.00 Å². The quantitative estimate of drug-likeness (QED) is 0.548. The maximum atomic E-state index is 13.0. The van der Waals surface area contributed by atoms with Crippen molar-refractivity contribution in [3.63, 3.8) is 0 Å². The average Bonchev–Trinajstić information content (AvgIpc) is 3.14. The first-order valence-electron chi connectivity index (χ1n) is 9.25. The van der Waals surface area contributed by atoms with Crippen LogP contribution >= 0.6 is 23.1 Å². The number of nitrogens with zero attached hydrogens (tertiary/aromatic N) is 3. The highest BCUT2D eigenvalue weighted by atomic mass is 35.5. The maximum Gasteiger partial charge on any atom is 0.258 e. The Labute approximate surface area is 179 Å². The highest BCUT2D eigenvalue weighted by Crippen LogP contribution is 2.31. The van der Waals surface area contributed by atoms with Crippen LogP contribution in [0, 0.1) is 12.3 Å². The fourth-order valence-electron chi connectivity index (χ4n) is 2.80. The standard InChI is InChI=1S/C21H25ClN4O2S/c1-12-18(22)20(29-25-12)24-19(27)14(11-26(5)6)13-7-8-16-15(9-13)23-17(28-16)10-21(2,3)4/h7-9,11H,10H2,1-6H3,(H,24,27). The molecule has 0 fully saturated rings. The van der Waals surface area contributed by atoms with Gasteiger partial charge in [0.25, 0.3) is 5.91 Å². The van der Waals surface area contributed by atoms with Gasteiger partial charge in [-0.2, -0.15) is 4.37 Å². The number of fused-ring (bicyclic) bond motifs is 1. The lowest BCUT2D eigenvalue weighted by atomic mass is 9.92. The van der Waals surface area contributed by atoms with Crippen molar-refractivity contribution in [2.75, 3.05) is 19.4 Å². The van der Waals surface area contributed by atoms with Gasteiger partial charge in [-0.05, 0) is 41.6 Å². The minimum atomic E-state index is -0.262. The Morgan fingerprint density at radius 1 is 1.34 bits per heavy atom. The smallest absolute Gasteiger partial charge is 0.258 e. The second-order valence-electron chi connectivity index (χ2n) is 8.40. The largest absolute Gasteiger partial charge is 0.441 e. The van der Waals surface area contributed by atoms with Crippen LogP contribution in [0.3, 0.4) is 0 Å². The van der Waals surface area contributed by atoms with Crippen molar-refractivity contribution in [2.45, 2.75) is 34.1 Å². The molecule has 0 aliphatic rings. The molecular formula is C21H25ClN4O2S. The highest BCUT2D eigenvalue weighted by Gasteiger charge is 2.20. The molecule has 1 aromatic carbocycles. The Morgan fingerprint density at radius 3 is 2.66 bits per heavy atom. The number of hydrogen-bond donors (Lipinski definition) is 1. The van der Waals surface area contributed by atoms with Crippen LogP contribution in [0.1, 0.15) is 37.9 Å². The predicted molar refractivity (Wildman–Crippen MR) is 119 cm³/mol. The fourth-order valence-corrected chi connectivity index (χ4v) is 3.73. The normalized spacial score (nSPS) is 12.4. The van der Waals surface area contributed by atoms with Crippen molar-refractivity contribution in [2.24, 2.45) is 5.41 Å². The van der Waals surface area contributed by atoms with Crippen molar-refractivity contribution in [3.8, 4) is 0 Å². The van der Waals surface area contributed by atoms with Gasteiger partial charge in [0, 0.05) is 26.7 Å². The van der Waals surface area contributed by atoms with E-state index in [1.54, 1.807) is 13.1 Å². The number of hydrogen-bond acceptors (Lipinski definition) is 6. The van der Waals surface area contributed by atoms with Gasteiger partial charge in [0.15, 0.2) is 11.5 Å². The molecule has 0 saturated carbocycles. The zero-order valence-corrected chi connectivity index (χ0v) is 19.0. The number of amides is 1. The first-order valence-corrected chi connectivity index (χ1v) is 10.4. The lowest BCUT2D eigenvalue weighted by molar-refractivity contribution is -0.111. The van der Waals surface area contributed by atoms with Gasteiger partial charge in [0.2, 0.25) is 0 Å². The van der Waals surface area contributed by atoms with Crippen LogP contribution in [-0.2, 0) is 11.2 Å². The number of carbonyl (C=O) groups is 1. The number of aromatic nitrogens is 2. The van der Waals surface area contributed by atoms with Gasteiger partial charge in [-0.25, -0.2) is 4.98 Å². The number of halogens is 1. The van der Waals surface area contributed by atoms with Crippen molar-refractivity contribution in [1.82, 2.24) is 14.3 Å². The lowest BCUT2D eigenvalue weighted by Gasteiger charge is -2.14. The molecule has 0 atom stereocenters. The summed E-state index contributed by atoms with van der Waals surface area (Å²) in [4.78, 5) is 19.4. The van der Waals surface area contributed by atoms with E-state index in [0.29, 0.717) is 32.8 Å². The molecule has 0 unspecified atom stereocenters. The number of rotatable bonds is 5. The summed E-state index contributed by atoms with van der Waals surface area (Å²) in [6, 6.07) is 5.59. The number of benzene rings is 1. The molecule has 3 aromatic rings. The van der Waals surface area contributed by atoms with E-state index in [1.807, 2.05) is 37.2 Å². The summed E-state index contributed by atoms with van der Waals surface area (Å²) in [6.07, 6.45) is 2.51. The van der Waals surface area contributed by atoms with Gasteiger partial charge in [-0.3, -0.25) is 4.79 Å². The van der Waals surface area contributed by atoms with E-state index in [4.69, 9.17) is 16.0 Å². The Bertz CT molecular complexity index is 1080. The van der Waals surface area contributed by atoms with Gasteiger partial charge in [0.05, 0.1) is 16.3 Å². The van der Waals surface area contributed by atoms with Gasteiger partial charge in [-0.15, -0.1) is 0 Å². The Hall–Kier alpha value is -2.38. The second kappa shape index (κ2) is 8.16. The third kappa shape index (κ3) is 5.16. The lowest BCUT2D eigenvalue weighted by Crippen LogP contribution is -2.16. The minimum absolute atomic E-state index is 0.0751. The molecular weight excluding hydrogens is 408 g/mol. The Morgan fingerprint density at radius 2 is 2.07 bits per heavy atom. The molecule has 2 aromatic heterocycles. The van der Waals surface area contributed by atoms with Gasteiger partial charge < -0.3 is 14.6 Å². The van der Waals surface area contributed by atoms with Gasteiger partial charge >= 0.3 is 0 Å². The minimum Gasteiger partial charge on any atom is -0.441 e. The third-order valence-electron chi connectivity index (χ3n) is 4.07. The van der Waals surface area contributed by atoms with Gasteiger partial charge in [0.1, 0.15) is 10.5 Å². The van der Waals surface area contributed by atoms with Crippen LogP contribution in [0.25, 0.3) is 16.7 Å². The molecule has 0 radical (unpaired) electrons. The van der Waals surface area contributed by atoms with Crippen molar-refractivity contribution in [1.29, 1.82) is 0 Å². The SMILES string of the molecule is Cc1nsc(NC(=O)C(=CN(C)C)c2ccc3oc(CC(C)(C)C)nc3c2)c1Cl. The molecule has 0 spiro atoms. The van der Waals surface area contributed by atoms with E-state index in [0.717, 1.165) is 17.5 Å². The molecule has 154 valence electrons. The van der Waals surface area contributed by atoms with E-state index < -0.39 is 0 Å². The Balaban J connectivity index is 1.95. The topological polar surface area (TPSA) is 71.3 Å². The van der Waals surface area contributed by atoms with E-state index >= 15 is 0 Å². The summed E-state index contributed by atoms with van der Waals surface area (Å²) in [5.41, 5.74) is 3.45. The van der Waals surface area contributed by atoms with Crippen LogP contribution in [0.15, 0.2) is 28.8 Å². The van der Waals surface area contributed by atoms with Crippen LogP contribution < -0.4 is 5.32 Å². The molecule has 0 aliphatic carbocycles. The zero-order chi connectivity index (χ0) is 21.3. The van der Waals surface area contributed by atoms with E-state index in [1.165, 1.54) is 11.5 Å². The second-order valence-corrected chi connectivity index (χ2v) is 9.55. The fraction of sp³-hybridized carbons (Fsp3) is 0.381. The summed E-state index contributed by atoms with van der Waals surface area (Å²) >= 11 is 7.39. The zero-order valence-electron chi connectivity index (χ0n) is 17.5. The van der Waals surface area contributed by atoms with Crippen molar-refractivity contribution < 1.29 is 9.21 Å². The molecule has 29 heavy (non-hydrogen) atoms. The van der Waals surface area contributed by atoms with Crippen LogP contribution in [-0.4, -0.2) is 34.3 Å². The molecule has 0 saturated heterocycles. The Kier molecular flexibility index (Phi) is 6.00. The number of oxazole rings is 1. The number of nitrogens with one attached hydrogen (secondary N) is 1. The number of anilines is 1. The summed E-state index contributed by atoms with van der Waals surface area (Å²) in [7, 11) is 3.74. The van der Waals surface area contributed by atoms with E-state index in [9.17, 15) is 4.79 Å². The monoisotopic (exact) mass is 432 g/mol. The predicted octanol–water partition coefficient (Wildman–Crippen LogP) is 5.38. The van der Waals surface area contributed by atoms with Crippen molar-refractivity contribution in [3.05, 3.63) is 46.6 Å². The molecule has 2 heterocycles. The molecule has 1 N–H and O–H groups in total. The third-order valence-corrected chi connectivity index (χ3v) is 5.50. The van der Waals surface area contributed by atoms with Gasteiger partial charge in [-0.1, -0.05) is 38.4 Å². The molecule has 6 nitrogen and oxygen atoms in total. The van der Waals surface area contributed by atoms with Crippen molar-refractivity contribution >= 4 is 50.7 Å². The first-order chi connectivity index (χ1) is 13.5. The molecule has 8 heteroatoms. The molecule has 1 amide bonds. The van der Waals surface area contributed by atoms with Crippen LogP contribution in [0.2, 0.25) is 5.02 Å². The summed E-state index contributed by atoms with van der Waals surface area (Å²) in [5.74, 6) is 0.432. The molecule has 0 bridgehead atoms. The van der Waals surface area contributed by atoms with E-state index in [-0.39, 0.29) is 11.3 Å². The molecule has 0 aliphatic heterocycles. The number of carbonyl (C=O) groups excluding carboxylic acids is 1. The average molecular weight is 433 g/mol. The summed E-state index contributed by atoms with van der Waals surface area (Å²) < 4.78 is 10.0. The maximum absolute atomic E-state index is 13.0. The number of aryl methyl sites for hydroxylation is 1. The molecule has 3 rings (SSSR count). The summed E-state index contributed by atoms with van der Waals surface area (Å²) in [5, 5.41) is 3.87. The van der Waals surface area contributed by atoms with Crippen LogP contribution in [0.5, 0.6) is 0 Å². The highest BCUT2D eigenvalue weighted by molar-refractivity contribution is 7.11. The van der Waals surface area contributed by atoms with E-state index in [2.05, 4.69) is 35.4 Å². The first kappa shape index (κ1) is 21.3. The summed E-state index contributed by atoms with van der Waals surface area (Å²) in [6.45, 7) is 8.23.